The maximum Gasteiger partial charge on any atom is -0.0357 e. The molecule has 3 rings (SSSR count). The van der Waals surface area contributed by atoms with E-state index in [-0.39, 0.29) is 0 Å². The van der Waals surface area contributed by atoms with Gasteiger partial charge in [-0.3, -0.25) is 0 Å². The van der Waals surface area contributed by atoms with Crippen LogP contribution in [0.15, 0.2) is 0 Å². The van der Waals surface area contributed by atoms with Gasteiger partial charge in [0.05, 0.1) is 0 Å². The summed E-state index contributed by atoms with van der Waals surface area (Å²) in [5.41, 5.74) is 0. The van der Waals surface area contributed by atoms with Crippen molar-refractivity contribution in [1.82, 2.24) is 0 Å². The van der Waals surface area contributed by atoms with E-state index in [1.54, 1.807) is 64.2 Å². The molecule has 6 unspecified atom stereocenters. The molecule has 0 aromatic carbocycles. The molecule has 0 aromatic rings. The second kappa shape index (κ2) is 13.4. The van der Waals surface area contributed by atoms with Crippen molar-refractivity contribution in [2.24, 2.45) is 35.5 Å². The summed E-state index contributed by atoms with van der Waals surface area (Å²) < 4.78 is 0. The molecule has 3 aliphatic rings. The number of hydrogen-bond acceptors (Lipinski definition) is 0. The summed E-state index contributed by atoms with van der Waals surface area (Å²) in [4.78, 5) is 0. The lowest BCUT2D eigenvalue weighted by Gasteiger charge is -2.43. The Morgan fingerprint density at radius 3 is 2.03 bits per heavy atom. The van der Waals surface area contributed by atoms with Gasteiger partial charge >= 0.3 is 0 Å². The molecule has 0 N–H and O–H groups in total. The summed E-state index contributed by atoms with van der Waals surface area (Å²) in [6.07, 6.45) is 32.2. The first-order valence-electron chi connectivity index (χ1n) is 14.3. The lowest BCUT2D eigenvalue weighted by atomic mass is 9.63. The van der Waals surface area contributed by atoms with Crippen molar-refractivity contribution >= 4 is 0 Å². The fourth-order valence-corrected chi connectivity index (χ4v) is 7.87. The molecule has 170 valence electrons. The van der Waals surface area contributed by atoms with Crippen LogP contribution in [0.4, 0.5) is 0 Å². The molecule has 29 heavy (non-hydrogen) atoms. The molecule has 3 saturated carbocycles. The predicted molar refractivity (Wildman–Crippen MR) is 129 cm³/mol. The standard InChI is InChI=1S/C29H54/c1-3-5-9-16-26-17-12-13-19-29(26)27-18-11-8-6-7-10-15-25-21-20-24(14-4-2)22-28(25)23-27/h24-29H,3-23H2,1-2H3. The molecule has 0 heterocycles. The van der Waals surface area contributed by atoms with Crippen molar-refractivity contribution in [3.8, 4) is 0 Å². The smallest absolute Gasteiger partial charge is 0.0357 e. The SMILES string of the molecule is CCCCCC1CCCCC1C1CCCCCCCC2CCC(CCC)CC2C1. The van der Waals surface area contributed by atoms with E-state index in [0.29, 0.717) is 0 Å². The summed E-state index contributed by atoms with van der Waals surface area (Å²) in [6.45, 7) is 4.79. The number of rotatable bonds is 7. The highest BCUT2D eigenvalue weighted by molar-refractivity contribution is 4.87. The zero-order valence-electron chi connectivity index (χ0n) is 20.3. The summed E-state index contributed by atoms with van der Waals surface area (Å²) in [6, 6.07) is 0. The van der Waals surface area contributed by atoms with Crippen LogP contribution in [0.2, 0.25) is 0 Å². The van der Waals surface area contributed by atoms with Crippen LogP contribution in [0.1, 0.15) is 149 Å². The normalized spacial score (nSPS) is 37.4. The van der Waals surface area contributed by atoms with Gasteiger partial charge in [0.1, 0.15) is 0 Å². The highest BCUT2D eigenvalue weighted by Crippen LogP contribution is 2.47. The second-order valence-electron chi connectivity index (χ2n) is 11.5. The fourth-order valence-electron chi connectivity index (χ4n) is 7.87. The van der Waals surface area contributed by atoms with Gasteiger partial charge in [0.15, 0.2) is 0 Å². The number of hydrogen-bond donors (Lipinski definition) is 0. The van der Waals surface area contributed by atoms with Gasteiger partial charge in [0.25, 0.3) is 0 Å². The third-order valence-electron chi connectivity index (χ3n) is 9.45. The summed E-state index contributed by atoms with van der Waals surface area (Å²) in [5.74, 6) is 6.49. The monoisotopic (exact) mass is 402 g/mol. The van der Waals surface area contributed by atoms with Crippen molar-refractivity contribution in [2.75, 3.05) is 0 Å². The van der Waals surface area contributed by atoms with E-state index >= 15 is 0 Å². The Morgan fingerprint density at radius 2 is 1.24 bits per heavy atom. The van der Waals surface area contributed by atoms with Gasteiger partial charge in [-0.05, 0) is 61.2 Å². The molecule has 0 aliphatic heterocycles. The van der Waals surface area contributed by atoms with Crippen LogP contribution in [0.25, 0.3) is 0 Å². The first kappa shape index (κ1) is 23.7. The van der Waals surface area contributed by atoms with Crippen LogP contribution >= 0.6 is 0 Å². The van der Waals surface area contributed by atoms with E-state index in [9.17, 15) is 0 Å². The third-order valence-corrected chi connectivity index (χ3v) is 9.45. The Balaban J connectivity index is 1.68. The van der Waals surface area contributed by atoms with E-state index in [2.05, 4.69) is 13.8 Å². The molecule has 0 radical (unpaired) electrons. The molecule has 0 bridgehead atoms. The van der Waals surface area contributed by atoms with E-state index in [1.807, 2.05) is 0 Å². The predicted octanol–water partition coefficient (Wildman–Crippen LogP) is 9.96. The van der Waals surface area contributed by atoms with Crippen LogP contribution in [-0.4, -0.2) is 0 Å². The Morgan fingerprint density at radius 1 is 0.517 bits per heavy atom. The summed E-state index contributed by atoms with van der Waals surface area (Å²) >= 11 is 0. The van der Waals surface area contributed by atoms with E-state index in [4.69, 9.17) is 0 Å². The minimum Gasteiger partial charge on any atom is -0.0654 e. The molecule has 6 atom stereocenters. The van der Waals surface area contributed by atoms with Crippen molar-refractivity contribution in [1.29, 1.82) is 0 Å². The Bertz CT molecular complexity index is 412. The zero-order valence-corrected chi connectivity index (χ0v) is 20.3. The lowest BCUT2D eigenvalue weighted by molar-refractivity contribution is 0.0795. The molecule has 0 spiro atoms. The van der Waals surface area contributed by atoms with Crippen LogP contribution < -0.4 is 0 Å². The highest BCUT2D eigenvalue weighted by Gasteiger charge is 2.36. The molecule has 0 heteroatoms. The van der Waals surface area contributed by atoms with Gasteiger partial charge in [-0.2, -0.15) is 0 Å². The largest absolute Gasteiger partial charge is 0.0654 e. The topological polar surface area (TPSA) is 0 Å². The third kappa shape index (κ3) is 7.57. The first-order chi connectivity index (χ1) is 14.3. The van der Waals surface area contributed by atoms with Crippen molar-refractivity contribution < 1.29 is 0 Å². The maximum atomic E-state index is 2.41. The molecule has 0 amide bonds. The fraction of sp³-hybridized carbons (Fsp3) is 1.00. The molecule has 3 fully saturated rings. The maximum absolute atomic E-state index is 2.41. The summed E-state index contributed by atoms with van der Waals surface area (Å²) in [7, 11) is 0. The van der Waals surface area contributed by atoms with Crippen molar-refractivity contribution in [3.05, 3.63) is 0 Å². The molecule has 0 aromatic heterocycles. The highest BCUT2D eigenvalue weighted by atomic mass is 14.4. The Hall–Kier alpha value is 0. The molecular formula is C29H54. The van der Waals surface area contributed by atoms with Crippen molar-refractivity contribution in [2.45, 2.75) is 149 Å². The quantitative estimate of drug-likeness (QED) is 0.371. The van der Waals surface area contributed by atoms with Gasteiger partial charge in [0, 0.05) is 0 Å². The number of fused-ring (bicyclic) bond motifs is 1. The van der Waals surface area contributed by atoms with Crippen LogP contribution in [0.3, 0.4) is 0 Å². The van der Waals surface area contributed by atoms with Crippen molar-refractivity contribution in [3.63, 3.8) is 0 Å². The first-order valence-corrected chi connectivity index (χ1v) is 14.3. The summed E-state index contributed by atoms with van der Waals surface area (Å²) in [5, 5.41) is 0. The molecule has 3 aliphatic carbocycles. The minimum absolute atomic E-state index is 1.07. The molecule has 0 saturated heterocycles. The molecule has 0 nitrogen and oxygen atoms in total. The van der Waals surface area contributed by atoms with Crippen LogP contribution in [0, 0.1) is 35.5 Å². The zero-order chi connectivity index (χ0) is 20.3. The average Bonchev–Trinajstić information content (AvgIpc) is 2.78. The Labute approximate surface area is 184 Å². The lowest BCUT2D eigenvalue weighted by Crippen LogP contribution is -2.32. The minimum atomic E-state index is 1.07. The van der Waals surface area contributed by atoms with Crippen LogP contribution in [0.5, 0.6) is 0 Å². The van der Waals surface area contributed by atoms with Gasteiger partial charge in [0.2, 0.25) is 0 Å². The van der Waals surface area contributed by atoms with Gasteiger partial charge < -0.3 is 0 Å². The van der Waals surface area contributed by atoms with Gasteiger partial charge in [-0.15, -0.1) is 0 Å². The Kier molecular flexibility index (Phi) is 10.9. The van der Waals surface area contributed by atoms with Gasteiger partial charge in [-0.25, -0.2) is 0 Å². The second-order valence-corrected chi connectivity index (χ2v) is 11.5. The number of unbranched alkanes of at least 4 members (excludes halogenated alkanes) is 2. The van der Waals surface area contributed by atoms with Gasteiger partial charge in [-0.1, -0.05) is 123 Å². The van der Waals surface area contributed by atoms with Crippen LogP contribution in [-0.2, 0) is 0 Å². The van der Waals surface area contributed by atoms with E-state index in [1.165, 1.54) is 70.6 Å². The average molecular weight is 403 g/mol. The van der Waals surface area contributed by atoms with E-state index in [0.717, 1.165) is 35.5 Å². The molecular weight excluding hydrogens is 348 g/mol. The van der Waals surface area contributed by atoms with E-state index < -0.39 is 0 Å².